The first-order chi connectivity index (χ1) is 29.0. The van der Waals surface area contributed by atoms with E-state index < -0.39 is 115 Å². The fourth-order valence-corrected chi connectivity index (χ4v) is 5.33. The third kappa shape index (κ3) is 24.2. The summed E-state index contributed by atoms with van der Waals surface area (Å²) in [5.41, 5.74) is 48.5. The van der Waals surface area contributed by atoms with Crippen LogP contribution in [0.3, 0.4) is 0 Å². The Bertz CT molecular complexity index is 1650. The molecule has 62 heavy (non-hydrogen) atoms. The van der Waals surface area contributed by atoms with E-state index in [-0.39, 0.29) is 76.0 Å². The molecule has 0 aliphatic rings. The Morgan fingerprint density at radius 2 is 0.919 bits per heavy atom. The van der Waals surface area contributed by atoms with Gasteiger partial charge >= 0.3 is 5.97 Å². The van der Waals surface area contributed by atoms with Crippen LogP contribution in [0.15, 0.2) is 15.0 Å². The van der Waals surface area contributed by atoms with E-state index in [1.807, 2.05) is 0 Å². The molecular formula is C34H64N18O10. The molecule has 0 aromatic carbocycles. The largest absolute Gasteiger partial charge is 0.480 e. The molecule has 0 aromatic heterocycles. The zero-order valence-corrected chi connectivity index (χ0v) is 34.9. The number of hydrogen-bond donors (Lipinski definition) is 16. The van der Waals surface area contributed by atoms with Crippen molar-refractivity contribution in [3.05, 3.63) is 0 Å². The van der Waals surface area contributed by atoms with Gasteiger partial charge in [0.1, 0.15) is 30.2 Å². The lowest BCUT2D eigenvalue weighted by molar-refractivity contribution is -0.144. The number of carbonyl (C=O) groups excluding carboxylic acids is 8. The SMILES string of the molecule is CC[C@H](C)[C@H](NC(=O)CNC(=O)[C@H](CCCN=C(N)N)NC(=O)[C@H](CCCN=C(N)N)NC(=O)[C@H](CCCN=C(N)N)NC(=O)[C@@H](N)CC(N)=O)C(=O)N[C@@H](CC(N)=O)C(=O)O. The van der Waals surface area contributed by atoms with E-state index in [0.29, 0.717) is 6.42 Å². The molecule has 7 atom stereocenters. The van der Waals surface area contributed by atoms with Gasteiger partial charge in [-0.05, 0) is 44.4 Å². The highest BCUT2D eigenvalue weighted by molar-refractivity contribution is 5.97. The summed E-state index contributed by atoms with van der Waals surface area (Å²) < 4.78 is 0. The molecule has 0 bridgehead atoms. The number of carboxylic acids is 1. The number of hydrogen-bond acceptors (Lipinski definition) is 13. The van der Waals surface area contributed by atoms with E-state index in [2.05, 4.69) is 46.9 Å². The van der Waals surface area contributed by atoms with Crippen LogP contribution in [0.4, 0.5) is 0 Å². The molecule has 0 radical (unpaired) electrons. The molecule has 0 aromatic rings. The van der Waals surface area contributed by atoms with Crippen LogP contribution in [0.25, 0.3) is 0 Å². The Hall–Kier alpha value is -7.00. The summed E-state index contributed by atoms with van der Waals surface area (Å²) in [4.78, 5) is 126. The van der Waals surface area contributed by atoms with Gasteiger partial charge in [0.05, 0.1) is 25.4 Å². The number of carboxylic acid groups (broad SMARTS) is 1. The van der Waals surface area contributed by atoms with Gasteiger partial charge in [-0.25, -0.2) is 4.79 Å². The zero-order chi connectivity index (χ0) is 47.5. The quantitative estimate of drug-likeness (QED) is 0.0175. The van der Waals surface area contributed by atoms with Crippen molar-refractivity contribution in [1.29, 1.82) is 0 Å². The summed E-state index contributed by atoms with van der Waals surface area (Å²) in [7, 11) is 0. The average Bonchev–Trinajstić information content (AvgIpc) is 3.17. The van der Waals surface area contributed by atoms with Crippen LogP contribution in [-0.4, -0.2) is 139 Å². The topological polar surface area (TPSA) is 517 Å². The molecule has 8 amide bonds. The van der Waals surface area contributed by atoms with Gasteiger partial charge in [0.15, 0.2) is 17.9 Å². The number of nitrogens with two attached hydrogens (primary N) is 9. The second-order valence-corrected chi connectivity index (χ2v) is 14.0. The summed E-state index contributed by atoms with van der Waals surface area (Å²) in [5.74, 6) is -9.97. The first kappa shape index (κ1) is 55.0. The van der Waals surface area contributed by atoms with Crippen molar-refractivity contribution in [2.45, 2.75) is 108 Å². The van der Waals surface area contributed by atoms with Crippen molar-refractivity contribution in [2.75, 3.05) is 26.2 Å². The molecule has 0 fully saturated rings. The van der Waals surface area contributed by atoms with Gasteiger partial charge in [-0.15, -0.1) is 0 Å². The number of amides is 8. The second kappa shape index (κ2) is 29.3. The molecule has 0 aliphatic heterocycles. The number of carbonyl (C=O) groups is 9. The smallest absolute Gasteiger partial charge is 0.326 e. The van der Waals surface area contributed by atoms with Crippen molar-refractivity contribution in [3.8, 4) is 0 Å². The lowest BCUT2D eigenvalue weighted by Gasteiger charge is -2.26. The van der Waals surface area contributed by atoms with Crippen molar-refractivity contribution in [1.82, 2.24) is 31.9 Å². The lowest BCUT2D eigenvalue weighted by atomic mass is 9.97. The number of rotatable bonds is 31. The molecule has 0 rings (SSSR count). The fraction of sp³-hybridized carbons (Fsp3) is 0.647. The van der Waals surface area contributed by atoms with Gasteiger partial charge in [-0.3, -0.25) is 53.3 Å². The molecule has 0 heterocycles. The first-order valence-corrected chi connectivity index (χ1v) is 19.5. The van der Waals surface area contributed by atoms with Crippen molar-refractivity contribution >= 4 is 71.1 Å². The Morgan fingerprint density at radius 1 is 0.532 bits per heavy atom. The van der Waals surface area contributed by atoms with E-state index >= 15 is 0 Å². The third-order valence-corrected chi connectivity index (χ3v) is 8.75. The summed E-state index contributed by atoms with van der Waals surface area (Å²) in [6.45, 7) is 2.69. The van der Waals surface area contributed by atoms with Crippen LogP contribution in [0, 0.1) is 5.92 Å². The predicted molar refractivity (Wildman–Crippen MR) is 225 cm³/mol. The van der Waals surface area contributed by atoms with Gasteiger partial charge < -0.3 is 88.6 Å². The Balaban J connectivity index is 6.41. The lowest BCUT2D eigenvalue weighted by Crippen LogP contribution is -2.58. The monoisotopic (exact) mass is 885 g/mol. The molecule has 0 saturated heterocycles. The molecule has 28 nitrogen and oxygen atoms in total. The number of aliphatic imine (C=N–C) groups is 3. The summed E-state index contributed by atoms with van der Waals surface area (Å²) in [6.07, 6.45) is -0.733. The van der Waals surface area contributed by atoms with E-state index in [9.17, 15) is 48.3 Å². The van der Waals surface area contributed by atoms with Gasteiger partial charge in [-0.2, -0.15) is 0 Å². The van der Waals surface area contributed by atoms with E-state index in [4.69, 9.17) is 51.6 Å². The van der Waals surface area contributed by atoms with Crippen LogP contribution in [0.5, 0.6) is 0 Å². The maximum absolute atomic E-state index is 13.9. The highest BCUT2D eigenvalue weighted by atomic mass is 16.4. The Kier molecular flexibility index (Phi) is 26.0. The molecule has 0 spiro atoms. The molecule has 0 saturated carbocycles. The van der Waals surface area contributed by atoms with Crippen LogP contribution >= 0.6 is 0 Å². The molecule has 350 valence electrons. The minimum absolute atomic E-state index is 0.0257. The number of nitrogens with one attached hydrogen (secondary N) is 6. The van der Waals surface area contributed by atoms with Crippen molar-refractivity contribution in [3.63, 3.8) is 0 Å². The number of aliphatic carboxylic acids is 1. The van der Waals surface area contributed by atoms with E-state index in [1.54, 1.807) is 13.8 Å². The van der Waals surface area contributed by atoms with Crippen LogP contribution < -0.4 is 83.5 Å². The maximum Gasteiger partial charge on any atom is 0.326 e. The predicted octanol–water partition coefficient (Wildman–Crippen LogP) is -8.10. The van der Waals surface area contributed by atoms with Gasteiger partial charge in [0.25, 0.3) is 0 Å². The van der Waals surface area contributed by atoms with Crippen LogP contribution in [0.2, 0.25) is 0 Å². The molecular weight excluding hydrogens is 820 g/mol. The Morgan fingerprint density at radius 3 is 1.29 bits per heavy atom. The van der Waals surface area contributed by atoms with E-state index in [1.165, 1.54) is 0 Å². The number of nitrogens with zero attached hydrogens (tertiary/aromatic N) is 3. The highest BCUT2D eigenvalue weighted by Crippen LogP contribution is 2.10. The van der Waals surface area contributed by atoms with Crippen LogP contribution in [0.1, 0.15) is 71.6 Å². The molecule has 25 N–H and O–H groups in total. The van der Waals surface area contributed by atoms with Gasteiger partial charge in [0, 0.05) is 19.6 Å². The standard InChI is InChI=1S/C34H64N18O10/c1-3-16(2)25(30(60)51-21(31(61)62)14-23(37)54)52-24(55)15-47-27(57)18(7-4-10-44-32(38)39)49-29(59)20(9-6-12-46-34(42)43)50-28(58)19(8-5-11-45-33(40)41)48-26(56)17(35)13-22(36)53/h16-21,25H,3-15,35H2,1-2H3,(H2,36,53)(H2,37,54)(H,47,57)(H,48,56)(H,49,59)(H,50,58)(H,51,60)(H,52,55)(H,61,62)(H4,38,39,44)(H4,40,41,45)(H4,42,43,46)/t16-,17-,18-,19-,20-,21-,25-/m0/s1. The number of primary amides is 2. The first-order valence-electron chi connectivity index (χ1n) is 19.5. The molecule has 0 aliphatic carbocycles. The normalized spacial score (nSPS) is 14.0. The summed E-state index contributed by atoms with van der Waals surface area (Å²) >= 11 is 0. The van der Waals surface area contributed by atoms with Gasteiger partial charge in [0.2, 0.25) is 47.3 Å². The number of guanidine groups is 3. The van der Waals surface area contributed by atoms with Crippen molar-refractivity contribution < 1.29 is 48.3 Å². The third-order valence-electron chi connectivity index (χ3n) is 8.75. The maximum atomic E-state index is 13.9. The van der Waals surface area contributed by atoms with Crippen LogP contribution in [-0.2, 0) is 43.2 Å². The summed E-state index contributed by atoms with van der Waals surface area (Å²) in [6, 6.07) is -8.46. The zero-order valence-electron chi connectivity index (χ0n) is 34.9. The molecule has 28 heteroatoms. The van der Waals surface area contributed by atoms with E-state index in [0.717, 1.165) is 0 Å². The average molecular weight is 885 g/mol. The fourth-order valence-electron chi connectivity index (χ4n) is 5.33. The van der Waals surface area contributed by atoms with Crippen molar-refractivity contribution in [2.24, 2.45) is 72.5 Å². The second-order valence-electron chi connectivity index (χ2n) is 14.0. The minimum atomic E-state index is -1.67. The Labute approximate surface area is 357 Å². The molecule has 0 unspecified atom stereocenters. The van der Waals surface area contributed by atoms with Gasteiger partial charge in [-0.1, -0.05) is 20.3 Å². The summed E-state index contributed by atoms with van der Waals surface area (Å²) in [5, 5.41) is 23.9. The highest BCUT2D eigenvalue weighted by Gasteiger charge is 2.33. The minimum Gasteiger partial charge on any atom is -0.480 e.